The SMILES string of the molecule is Fc1ccc(C2CCc3cccnc32)c(CNC2CC2)c1. The Labute approximate surface area is 124 Å². The predicted molar refractivity (Wildman–Crippen MR) is 80.7 cm³/mol. The molecule has 4 rings (SSSR count). The molecule has 0 radical (unpaired) electrons. The van der Waals surface area contributed by atoms with Gasteiger partial charge in [-0.1, -0.05) is 12.1 Å². The highest BCUT2D eigenvalue weighted by Gasteiger charge is 2.27. The Kier molecular flexibility index (Phi) is 3.23. The summed E-state index contributed by atoms with van der Waals surface area (Å²) >= 11 is 0. The van der Waals surface area contributed by atoms with Gasteiger partial charge < -0.3 is 5.32 Å². The fraction of sp³-hybridized carbons (Fsp3) is 0.389. The second kappa shape index (κ2) is 5.23. The maximum absolute atomic E-state index is 13.6. The minimum Gasteiger partial charge on any atom is -0.310 e. The molecule has 0 saturated heterocycles. The lowest BCUT2D eigenvalue weighted by Crippen LogP contribution is -2.17. The lowest BCUT2D eigenvalue weighted by molar-refractivity contribution is 0.613. The van der Waals surface area contributed by atoms with Gasteiger partial charge in [0.25, 0.3) is 0 Å². The first kappa shape index (κ1) is 13.0. The van der Waals surface area contributed by atoms with Gasteiger partial charge in [-0.2, -0.15) is 0 Å². The topological polar surface area (TPSA) is 24.9 Å². The Morgan fingerprint density at radius 1 is 1.19 bits per heavy atom. The smallest absolute Gasteiger partial charge is 0.123 e. The molecule has 1 atom stereocenters. The lowest BCUT2D eigenvalue weighted by atomic mass is 9.92. The Hall–Kier alpha value is -1.74. The van der Waals surface area contributed by atoms with Crippen LogP contribution >= 0.6 is 0 Å². The molecule has 1 heterocycles. The van der Waals surface area contributed by atoms with Crippen LogP contribution in [-0.2, 0) is 13.0 Å². The maximum Gasteiger partial charge on any atom is 0.123 e. The normalized spacial score (nSPS) is 20.5. The van der Waals surface area contributed by atoms with Crippen molar-refractivity contribution in [3.63, 3.8) is 0 Å². The number of aromatic nitrogens is 1. The summed E-state index contributed by atoms with van der Waals surface area (Å²) < 4.78 is 13.6. The quantitative estimate of drug-likeness (QED) is 0.927. The van der Waals surface area contributed by atoms with Crippen molar-refractivity contribution in [2.75, 3.05) is 0 Å². The van der Waals surface area contributed by atoms with Crippen LogP contribution in [0.1, 0.15) is 47.6 Å². The molecule has 3 heteroatoms. The van der Waals surface area contributed by atoms with Gasteiger partial charge in [0.2, 0.25) is 0 Å². The van der Waals surface area contributed by atoms with E-state index in [4.69, 9.17) is 0 Å². The van der Waals surface area contributed by atoms with Gasteiger partial charge in [0.15, 0.2) is 0 Å². The molecule has 2 aromatic rings. The van der Waals surface area contributed by atoms with Crippen molar-refractivity contribution in [1.29, 1.82) is 0 Å². The summed E-state index contributed by atoms with van der Waals surface area (Å²) in [6.45, 7) is 0.760. The minimum absolute atomic E-state index is 0.148. The number of hydrogen-bond acceptors (Lipinski definition) is 2. The standard InChI is InChI=1S/C18H19FN2/c19-14-4-8-16(13(10-14)11-21-15-5-6-15)17-7-3-12-2-1-9-20-18(12)17/h1-2,4,8-10,15,17,21H,3,5-7,11H2. The zero-order chi connectivity index (χ0) is 14.2. The van der Waals surface area contributed by atoms with Crippen LogP contribution in [0.5, 0.6) is 0 Å². The summed E-state index contributed by atoms with van der Waals surface area (Å²) in [5, 5.41) is 3.50. The highest BCUT2D eigenvalue weighted by atomic mass is 19.1. The molecule has 0 spiro atoms. The van der Waals surface area contributed by atoms with Crippen LogP contribution in [-0.4, -0.2) is 11.0 Å². The molecule has 0 aliphatic heterocycles. The van der Waals surface area contributed by atoms with E-state index in [-0.39, 0.29) is 5.82 Å². The van der Waals surface area contributed by atoms with Gasteiger partial charge in [-0.15, -0.1) is 0 Å². The fourth-order valence-corrected chi connectivity index (χ4v) is 3.32. The fourth-order valence-electron chi connectivity index (χ4n) is 3.32. The van der Waals surface area contributed by atoms with Crippen LogP contribution in [0.2, 0.25) is 0 Å². The van der Waals surface area contributed by atoms with Crippen LogP contribution in [0.25, 0.3) is 0 Å². The lowest BCUT2D eigenvalue weighted by Gasteiger charge is -2.17. The van der Waals surface area contributed by atoms with Gasteiger partial charge in [-0.3, -0.25) is 4.98 Å². The minimum atomic E-state index is -0.148. The van der Waals surface area contributed by atoms with Crippen molar-refractivity contribution in [2.24, 2.45) is 0 Å². The predicted octanol–water partition coefficient (Wildman–Crippen LogP) is 3.55. The number of fused-ring (bicyclic) bond motifs is 1. The van der Waals surface area contributed by atoms with Crippen LogP contribution in [0.4, 0.5) is 4.39 Å². The number of pyridine rings is 1. The van der Waals surface area contributed by atoms with Crippen LogP contribution in [0, 0.1) is 5.82 Å². The molecule has 108 valence electrons. The molecule has 0 amide bonds. The highest BCUT2D eigenvalue weighted by Crippen LogP contribution is 2.38. The number of hydrogen-bond donors (Lipinski definition) is 1. The van der Waals surface area contributed by atoms with Crippen molar-refractivity contribution >= 4 is 0 Å². The molecule has 1 unspecified atom stereocenters. The number of benzene rings is 1. The van der Waals surface area contributed by atoms with E-state index in [1.807, 2.05) is 18.3 Å². The summed E-state index contributed by atoms with van der Waals surface area (Å²) in [6.07, 6.45) is 6.51. The van der Waals surface area contributed by atoms with Crippen LogP contribution < -0.4 is 5.32 Å². The average Bonchev–Trinajstić information content (AvgIpc) is 3.24. The Bertz CT molecular complexity index is 664. The van der Waals surface area contributed by atoms with E-state index in [1.165, 1.54) is 29.7 Å². The molecule has 2 aliphatic rings. The zero-order valence-electron chi connectivity index (χ0n) is 12.0. The van der Waals surface area contributed by atoms with E-state index >= 15 is 0 Å². The summed E-state index contributed by atoms with van der Waals surface area (Å²) in [5.74, 6) is 0.170. The number of nitrogens with zero attached hydrogens (tertiary/aromatic N) is 1. The van der Waals surface area contributed by atoms with E-state index in [1.54, 1.807) is 12.1 Å². The third-order valence-electron chi connectivity index (χ3n) is 4.60. The van der Waals surface area contributed by atoms with E-state index in [0.717, 1.165) is 24.9 Å². The molecule has 1 N–H and O–H groups in total. The molecule has 2 aliphatic carbocycles. The number of nitrogens with one attached hydrogen (secondary N) is 1. The molecule has 1 saturated carbocycles. The van der Waals surface area contributed by atoms with Crippen molar-refractivity contribution in [1.82, 2.24) is 10.3 Å². The summed E-state index contributed by atoms with van der Waals surface area (Å²) in [6, 6.07) is 10.0. The third-order valence-corrected chi connectivity index (χ3v) is 4.60. The highest BCUT2D eigenvalue weighted by molar-refractivity contribution is 5.42. The summed E-state index contributed by atoms with van der Waals surface area (Å²) in [4.78, 5) is 4.57. The van der Waals surface area contributed by atoms with Crippen LogP contribution in [0.3, 0.4) is 0 Å². The van der Waals surface area contributed by atoms with Gasteiger partial charge in [0.05, 0.1) is 5.69 Å². The van der Waals surface area contributed by atoms with Crippen molar-refractivity contribution in [2.45, 2.75) is 44.2 Å². The zero-order valence-corrected chi connectivity index (χ0v) is 12.0. The molecule has 21 heavy (non-hydrogen) atoms. The molecule has 1 fully saturated rings. The first-order chi connectivity index (χ1) is 10.3. The number of rotatable bonds is 4. The van der Waals surface area contributed by atoms with Gasteiger partial charge in [-0.25, -0.2) is 4.39 Å². The largest absolute Gasteiger partial charge is 0.310 e. The molecular weight excluding hydrogens is 263 g/mol. The van der Waals surface area contributed by atoms with Gasteiger partial charge in [-0.05, 0) is 60.6 Å². The molecule has 1 aromatic carbocycles. The van der Waals surface area contributed by atoms with Crippen molar-refractivity contribution < 1.29 is 4.39 Å². The second-order valence-corrected chi connectivity index (χ2v) is 6.14. The Morgan fingerprint density at radius 3 is 2.95 bits per heavy atom. The summed E-state index contributed by atoms with van der Waals surface area (Å²) in [7, 11) is 0. The third kappa shape index (κ3) is 2.58. The Balaban J connectivity index is 1.67. The van der Waals surface area contributed by atoms with Crippen molar-refractivity contribution in [3.05, 3.63) is 64.7 Å². The van der Waals surface area contributed by atoms with Crippen LogP contribution in [0.15, 0.2) is 36.5 Å². The molecule has 2 nitrogen and oxygen atoms in total. The Morgan fingerprint density at radius 2 is 2.10 bits per heavy atom. The summed E-state index contributed by atoms with van der Waals surface area (Å²) in [5.41, 5.74) is 4.84. The second-order valence-electron chi connectivity index (χ2n) is 6.14. The van der Waals surface area contributed by atoms with Crippen molar-refractivity contribution in [3.8, 4) is 0 Å². The van der Waals surface area contributed by atoms with Gasteiger partial charge >= 0.3 is 0 Å². The number of aryl methyl sites for hydroxylation is 1. The van der Waals surface area contributed by atoms with E-state index in [2.05, 4.69) is 16.4 Å². The van der Waals surface area contributed by atoms with E-state index in [9.17, 15) is 4.39 Å². The average molecular weight is 282 g/mol. The van der Waals surface area contributed by atoms with E-state index in [0.29, 0.717) is 12.0 Å². The first-order valence-electron chi connectivity index (χ1n) is 7.77. The monoisotopic (exact) mass is 282 g/mol. The number of halogens is 1. The molecular formula is C18H19FN2. The van der Waals surface area contributed by atoms with Gasteiger partial charge in [0, 0.05) is 24.7 Å². The first-order valence-corrected chi connectivity index (χ1v) is 7.77. The van der Waals surface area contributed by atoms with Gasteiger partial charge in [0.1, 0.15) is 5.82 Å². The van der Waals surface area contributed by atoms with E-state index < -0.39 is 0 Å². The molecule has 1 aromatic heterocycles. The maximum atomic E-state index is 13.6. The molecule has 0 bridgehead atoms.